The molecule has 1 heterocycles. The highest BCUT2D eigenvalue weighted by atomic mass is 16.5. The highest BCUT2D eigenvalue weighted by Crippen LogP contribution is 2.13. The molecule has 0 aromatic heterocycles. The van der Waals surface area contributed by atoms with E-state index in [0.717, 1.165) is 32.5 Å². The number of methoxy groups -OCH3 is 1. The number of carbonyl (C=O) groups is 2. The third kappa shape index (κ3) is 5.57. The average molecular weight is 381 g/mol. The zero-order valence-electron chi connectivity index (χ0n) is 16.3. The van der Waals surface area contributed by atoms with Gasteiger partial charge < -0.3 is 15.0 Å². The van der Waals surface area contributed by atoms with Crippen LogP contribution in [0, 0.1) is 0 Å². The molecular formula is C22H27N3O3. The van der Waals surface area contributed by atoms with Crippen molar-refractivity contribution >= 4 is 17.7 Å². The lowest BCUT2D eigenvalue weighted by Gasteiger charge is -2.34. The van der Waals surface area contributed by atoms with E-state index in [1.54, 1.807) is 24.3 Å². The SMILES string of the molecule is COC(=O)c1cccc(NC(=O)N2CCN(CCCc3ccccc3)CC2)c1. The van der Waals surface area contributed by atoms with Crippen LogP contribution < -0.4 is 5.32 Å². The van der Waals surface area contributed by atoms with Gasteiger partial charge in [-0.3, -0.25) is 4.90 Å². The maximum absolute atomic E-state index is 12.5. The number of carbonyl (C=O) groups excluding carboxylic acids is 2. The van der Waals surface area contributed by atoms with E-state index >= 15 is 0 Å². The topological polar surface area (TPSA) is 61.9 Å². The van der Waals surface area contributed by atoms with Crippen LogP contribution in [0.1, 0.15) is 22.3 Å². The van der Waals surface area contributed by atoms with Crippen LogP contribution in [0.5, 0.6) is 0 Å². The van der Waals surface area contributed by atoms with Crippen molar-refractivity contribution < 1.29 is 14.3 Å². The molecule has 1 aliphatic heterocycles. The number of nitrogens with zero attached hydrogens (tertiary/aromatic N) is 2. The second kappa shape index (κ2) is 9.90. The smallest absolute Gasteiger partial charge is 0.337 e. The Morgan fingerprint density at radius 1 is 1.00 bits per heavy atom. The van der Waals surface area contributed by atoms with E-state index in [-0.39, 0.29) is 6.03 Å². The summed E-state index contributed by atoms with van der Waals surface area (Å²) in [6.07, 6.45) is 2.20. The Kier molecular flexibility index (Phi) is 7.03. The number of aryl methyl sites for hydroxylation is 1. The molecule has 0 radical (unpaired) electrons. The van der Waals surface area contributed by atoms with Crippen LogP contribution in [0.3, 0.4) is 0 Å². The highest BCUT2D eigenvalue weighted by Gasteiger charge is 2.21. The molecule has 1 fully saturated rings. The lowest BCUT2D eigenvalue weighted by atomic mass is 10.1. The number of ether oxygens (including phenoxy) is 1. The molecule has 1 saturated heterocycles. The van der Waals surface area contributed by atoms with E-state index in [9.17, 15) is 9.59 Å². The largest absolute Gasteiger partial charge is 0.465 e. The normalized spacial score (nSPS) is 14.5. The molecule has 0 saturated carbocycles. The number of esters is 1. The molecule has 28 heavy (non-hydrogen) atoms. The number of piperazine rings is 1. The Bertz CT molecular complexity index is 787. The molecule has 148 valence electrons. The van der Waals surface area contributed by atoms with Gasteiger partial charge in [0.1, 0.15) is 0 Å². The third-order valence-electron chi connectivity index (χ3n) is 4.98. The van der Waals surface area contributed by atoms with Gasteiger partial charge in [-0.25, -0.2) is 9.59 Å². The van der Waals surface area contributed by atoms with Gasteiger partial charge in [-0.1, -0.05) is 36.4 Å². The lowest BCUT2D eigenvalue weighted by molar-refractivity contribution is 0.0600. The number of urea groups is 1. The minimum absolute atomic E-state index is 0.133. The van der Waals surface area contributed by atoms with Crippen molar-refractivity contribution in [3.63, 3.8) is 0 Å². The summed E-state index contributed by atoms with van der Waals surface area (Å²) < 4.78 is 4.72. The predicted octanol–water partition coefficient (Wildman–Crippen LogP) is 3.26. The summed E-state index contributed by atoms with van der Waals surface area (Å²) in [5.74, 6) is -0.416. The summed E-state index contributed by atoms with van der Waals surface area (Å²) in [6.45, 7) is 4.21. The summed E-state index contributed by atoms with van der Waals surface area (Å²) in [6, 6.07) is 17.2. The predicted molar refractivity (Wildman–Crippen MR) is 110 cm³/mol. The van der Waals surface area contributed by atoms with Crippen LogP contribution in [-0.4, -0.2) is 61.6 Å². The molecule has 1 N–H and O–H groups in total. The maximum atomic E-state index is 12.5. The standard InChI is InChI=1S/C22H27N3O3/c1-28-21(26)19-10-5-11-20(17-19)23-22(27)25-15-13-24(14-16-25)12-6-9-18-7-3-2-4-8-18/h2-5,7-8,10-11,17H,6,9,12-16H2,1H3,(H,23,27). The molecule has 0 spiro atoms. The molecule has 6 heteroatoms. The molecule has 0 unspecified atom stereocenters. The van der Waals surface area contributed by atoms with Crippen LogP contribution in [0.15, 0.2) is 54.6 Å². The molecule has 0 bridgehead atoms. The van der Waals surface area contributed by atoms with Crippen molar-refractivity contribution in [2.45, 2.75) is 12.8 Å². The number of hydrogen-bond donors (Lipinski definition) is 1. The Balaban J connectivity index is 1.42. The quantitative estimate of drug-likeness (QED) is 0.781. The van der Waals surface area contributed by atoms with E-state index in [4.69, 9.17) is 4.74 Å². The number of rotatable bonds is 6. The van der Waals surface area contributed by atoms with Crippen molar-refractivity contribution in [1.82, 2.24) is 9.80 Å². The van der Waals surface area contributed by atoms with Crippen LogP contribution in [-0.2, 0) is 11.2 Å². The van der Waals surface area contributed by atoms with Crippen molar-refractivity contribution in [3.05, 3.63) is 65.7 Å². The van der Waals surface area contributed by atoms with Gasteiger partial charge in [0.2, 0.25) is 0 Å². The monoisotopic (exact) mass is 381 g/mol. The van der Waals surface area contributed by atoms with Gasteiger partial charge in [-0.15, -0.1) is 0 Å². The van der Waals surface area contributed by atoms with Crippen LogP contribution in [0.25, 0.3) is 0 Å². The second-order valence-electron chi connectivity index (χ2n) is 6.92. The van der Waals surface area contributed by atoms with Crippen molar-refractivity contribution in [2.24, 2.45) is 0 Å². The second-order valence-corrected chi connectivity index (χ2v) is 6.92. The molecule has 0 aliphatic carbocycles. The molecular weight excluding hydrogens is 354 g/mol. The number of anilines is 1. The first kappa shape index (κ1) is 19.9. The summed E-state index contributed by atoms with van der Waals surface area (Å²) in [4.78, 5) is 28.3. The lowest BCUT2D eigenvalue weighted by Crippen LogP contribution is -2.50. The first-order valence-electron chi connectivity index (χ1n) is 9.66. The summed E-state index contributed by atoms with van der Waals surface area (Å²) in [5, 5.41) is 2.87. The fourth-order valence-corrected chi connectivity index (χ4v) is 3.37. The molecule has 6 nitrogen and oxygen atoms in total. The van der Waals surface area contributed by atoms with Crippen LogP contribution >= 0.6 is 0 Å². The van der Waals surface area contributed by atoms with E-state index in [1.807, 2.05) is 11.0 Å². The fourth-order valence-electron chi connectivity index (χ4n) is 3.37. The first-order chi connectivity index (χ1) is 13.7. The van der Waals surface area contributed by atoms with Gasteiger partial charge >= 0.3 is 12.0 Å². The average Bonchev–Trinajstić information content (AvgIpc) is 2.74. The van der Waals surface area contributed by atoms with Gasteiger partial charge in [0.25, 0.3) is 0 Å². The Hall–Kier alpha value is -2.86. The molecule has 2 amide bonds. The zero-order chi connectivity index (χ0) is 19.8. The first-order valence-corrected chi connectivity index (χ1v) is 9.66. The van der Waals surface area contributed by atoms with E-state index in [0.29, 0.717) is 24.3 Å². The maximum Gasteiger partial charge on any atom is 0.337 e. The van der Waals surface area contributed by atoms with Crippen LogP contribution in [0.4, 0.5) is 10.5 Å². The van der Waals surface area contributed by atoms with Crippen molar-refractivity contribution in [1.29, 1.82) is 0 Å². The van der Waals surface area contributed by atoms with Gasteiger partial charge in [0, 0.05) is 31.9 Å². The molecule has 2 aromatic rings. The summed E-state index contributed by atoms with van der Waals surface area (Å²) >= 11 is 0. The molecule has 3 rings (SSSR count). The van der Waals surface area contributed by atoms with E-state index < -0.39 is 5.97 Å². The Labute approximate surface area is 166 Å². The van der Waals surface area contributed by atoms with E-state index in [2.05, 4.69) is 34.5 Å². The highest BCUT2D eigenvalue weighted by molar-refractivity contribution is 5.93. The minimum atomic E-state index is -0.416. The van der Waals surface area contributed by atoms with Gasteiger partial charge in [-0.05, 0) is 43.1 Å². The Morgan fingerprint density at radius 2 is 1.75 bits per heavy atom. The van der Waals surface area contributed by atoms with Crippen molar-refractivity contribution in [2.75, 3.05) is 45.2 Å². The van der Waals surface area contributed by atoms with Gasteiger partial charge in [0.05, 0.1) is 12.7 Å². The van der Waals surface area contributed by atoms with Gasteiger partial charge in [0.15, 0.2) is 0 Å². The fraction of sp³-hybridized carbons (Fsp3) is 0.364. The van der Waals surface area contributed by atoms with Crippen molar-refractivity contribution in [3.8, 4) is 0 Å². The minimum Gasteiger partial charge on any atom is -0.465 e. The third-order valence-corrected chi connectivity index (χ3v) is 4.98. The number of nitrogens with one attached hydrogen (secondary N) is 1. The number of hydrogen-bond acceptors (Lipinski definition) is 4. The summed E-state index contributed by atoms with van der Waals surface area (Å²) in [5.41, 5.74) is 2.39. The number of benzene rings is 2. The molecule has 0 atom stereocenters. The number of amides is 2. The van der Waals surface area contributed by atoms with Crippen LogP contribution in [0.2, 0.25) is 0 Å². The molecule has 2 aromatic carbocycles. The summed E-state index contributed by atoms with van der Waals surface area (Å²) in [7, 11) is 1.34. The molecule has 1 aliphatic rings. The Morgan fingerprint density at radius 3 is 2.46 bits per heavy atom. The zero-order valence-corrected chi connectivity index (χ0v) is 16.3. The van der Waals surface area contributed by atoms with Gasteiger partial charge in [-0.2, -0.15) is 0 Å². The van der Waals surface area contributed by atoms with E-state index in [1.165, 1.54) is 12.7 Å².